The molecule has 19 heavy (non-hydrogen) atoms. The predicted molar refractivity (Wildman–Crippen MR) is 75.7 cm³/mol. The van der Waals surface area contributed by atoms with Gasteiger partial charge in [-0.05, 0) is 43.0 Å². The van der Waals surface area contributed by atoms with Crippen molar-refractivity contribution in [2.24, 2.45) is 0 Å². The first-order valence-corrected chi connectivity index (χ1v) is 6.07. The van der Waals surface area contributed by atoms with Gasteiger partial charge in [0, 0.05) is 25.0 Å². The number of aromatic nitrogens is 2. The number of aryl methyl sites for hydroxylation is 1. The topological polar surface area (TPSA) is 52.8 Å². The van der Waals surface area contributed by atoms with Crippen molar-refractivity contribution in [3.05, 3.63) is 41.2 Å². The van der Waals surface area contributed by atoms with E-state index in [9.17, 15) is 0 Å². The molecule has 0 atom stereocenters. The molecule has 96 valence electrons. The molecule has 4 nitrogen and oxygen atoms in total. The summed E-state index contributed by atoms with van der Waals surface area (Å²) in [5.41, 5.74) is 5.91. The van der Waals surface area contributed by atoms with Crippen molar-refractivity contribution in [1.82, 2.24) is 9.97 Å². The molecule has 0 aliphatic rings. The van der Waals surface area contributed by atoms with Gasteiger partial charge in [-0.25, -0.2) is 9.97 Å². The molecule has 2 rings (SSSR count). The standard InChI is InChI=1S/C15H16N4/c1-10-5-6-14(12(3)11(10)2)13-7-17-15(18-8-13)19(4)9-16/h5-8H,1-4H3. The average molecular weight is 252 g/mol. The summed E-state index contributed by atoms with van der Waals surface area (Å²) in [5.74, 6) is 0.410. The van der Waals surface area contributed by atoms with Crippen LogP contribution in [-0.4, -0.2) is 17.0 Å². The summed E-state index contributed by atoms with van der Waals surface area (Å²) >= 11 is 0. The third-order valence-electron chi connectivity index (χ3n) is 3.46. The lowest BCUT2D eigenvalue weighted by Crippen LogP contribution is -2.11. The van der Waals surface area contributed by atoms with E-state index < -0.39 is 0 Å². The second-order valence-electron chi connectivity index (χ2n) is 4.61. The number of nitrogens with zero attached hydrogens (tertiary/aromatic N) is 4. The van der Waals surface area contributed by atoms with Crippen LogP contribution in [0.2, 0.25) is 0 Å². The van der Waals surface area contributed by atoms with Gasteiger partial charge in [0.2, 0.25) is 5.95 Å². The highest BCUT2D eigenvalue weighted by Gasteiger charge is 2.08. The summed E-state index contributed by atoms with van der Waals surface area (Å²) in [6.45, 7) is 6.33. The summed E-state index contributed by atoms with van der Waals surface area (Å²) in [6.07, 6.45) is 5.49. The second-order valence-corrected chi connectivity index (χ2v) is 4.61. The van der Waals surface area contributed by atoms with Crippen molar-refractivity contribution in [1.29, 1.82) is 5.26 Å². The summed E-state index contributed by atoms with van der Waals surface area (Å²) in [7, 11) is 1.64. The summed E-state index contributed by atoms with van der Waals surface area (Å²) in [4.78, 5) is 9.75. The van der Waals surface area contributed by atoms with Crippen LogP contribution in [-0.2, 0) is 0 Å². The van der Waals surface area contributed by atoms with E-state index in [1.165, 1.54) is 21.6 Å². The molecule has 0 unspecified atom stereocenters. The molecular formula is C15H16N4. The van der Waals surface area contributed by atoms with Crippen molar-refractivity contribution in [2.45, 2.75) is 20.8 Å². The SMILES string of the molecule is Cc1ccc(-c2cnc(N(C)C#N)nc2)c(C)c1C. The number of anilines is 1. The first-order valence-electron chi connectivity index (χ1n) is 6.07. The van der Waals surface area contributed by atoms with Gasteiger partial charge in [0.15, 0.2) is 6.19 Å². The Bertz CT molecular complexity index is 638. The van der Waals surface area contributed by atoms with Crippen LogP contribution < -0.4 is 4.90 Å². The quantitative estimate of drug-likeness (QED) is 0.609. The summed E-state index contributed by atoms with van der Waals surface area (Å²) in [6, 6.07) is 4.19. The number of nitriles is 1. The molecule has 0 N–H and O–H groups in total. The highest BCUT2D eigenvalue weighted by atomic mass is 15.2. The van der Waals surface area contributed by atoms with Gasteiger partial charge in [-0.15, -0.1) is 0 Å². The lowest BCUT2D eigenvalue weighted by atomic mass is 9.96. The van der Waals surface area contributed by atoms with E-state index >= 15 is 0 Å². The van der Waals surface area contributed by atoms with Crippen LogP contribution in [0.1, 0.15) is 16.7 Å². The van der Waals surface area contributed by atoms with Crippen molar-refractivity contribution in [3.63, 3.8) is 0 Å². The normalized spacial score (nSPS) is 10.1. The monoisotopic (exact) mass is 252 g/mol. The molecule has 0 spiro atoms. The van der Waals surface area contributed by atoms with E-state index in [1.54, 1.807) is 19.4 Å². The number of hydrogen-bond acceptors (Lipinski definition) is 4. The molecule has 1 heterocycles. The van der Waals surface area contributed by atoms with Crippen LogP contribution in [0.25, 0.3) is 11.1 Å². The van der Waals surface area contributed by atoms with Crippen LogP contribution in [0.4, 0.5) is 5.95 Å². The molecular weight excluding hydrogens is 236 g/mol. The van der Waals surface area contributed by atoms with Gasteiger partial charge in [-0.1, -0.05) is 12.1 Å². The molecule has 0 fully saturated rings. The van der Waals surface area contributed by atoms with Crippen molar-refractivity contribution < 1.29 is 0 Å². The highest BCUT2D eigenvalue weighted by molar-refractivity contribution is 5.68. The van der Waals surface area contributed by atoms with Crippen molar-refractivity contribution >= 4 is 5.95 Å². The van der Waals surface area contributed by atoms with Gasteiger partial charge in [0.1, 0.15) is 0 Å². The Labute approximate surface area is 113 Å². The molecule has 0 aliphatic heterocycles. The molecule has 0 saturated heterocycles. The Morgan fingerprint density at radius 2 is 1.68 bits per heavy atom. The fourth-order valence-corrected chi connectivity index (χ4v) is 1.95. The van der Waals surface area contributed by atoms with Crippen LogP contribution in [0.15, 0.2) is 24.5 Å². The predicted octanol–water partition coefficient (Wildman–Crippen LogP) is 2.99. The van der Waals surface area contributed by atoms with E-state index in [4.69, 9.17) is 5.26 Å². The second kappa shape index (κ2) is 5.07. The lowest BCUT2D eigenvalue weighted by molar-refractivity contribution is 1.04. The maximum absolute atomic E-state index is 8.78. The number of rotatable bonds is 2. The summed E-state index contributed by atoms with van der Waals surface area (Å²) in [5, 5.41) is 8.78. The minimum absolute atomic E-state index is 0.410. The Hall–Kier alpha value is -2.41. The zero-order chi connectivity index (χ0) is 14.0. The molecule has 0 radical (unpaired) electrons. The third kappa shape index (κ3) is 2.41. The van der Waals surface area contributed by atoms with Gasteiger partial charge in [-0.3, -0.25) is 4.90 Å². The first kappa shape index (κ1) is 13.0. The third-order valence-corrected chi connectivity index (χ3v) is 3.46. The van der Waals surface area contributed by atoms with E-state index in [0.29, 0.717) is 5.95 Å². The molecule has 4 heteroatoms. The molecule has 2 aromatic rings. The zero-order valence-corrected chi connectivity index (χ0v) is 11.6. The Balaban J connectivity index is 2.44. The van der Waals surface area contributed by atoms with E-state index in [1.807, 2.05) is 6.19 Å². The minimum atomic E-state index is 0.410. The van der Waals surface area contributed by atoms with E-state index in [0.717, 1.165) is 11.1 Å². The first-order chi connectivity index (χ1) is 9.04. The van der Waals surface area contributed by atoms with Crippen LogP contribution in [0.3, 0.4) is 0 Å². The molecule has 0 saturated carbocycles. The van der Waals surface area contributed by atoms with E-state index in [2.05, 4.69) is 42.9 Å². The fourth-order valence-electron chi connectivity index (χ4n) is 1.95. The molecule has 0 amide bonds. The lowest BCUT2D eigenvalue weighted by Gasteiger charge is -2.12. The largest absolute Gasteiger partial charge is 0.250 e. The van der Waals surface area contributed by atoms with Gasteiger partial charge in [-0.2, -0.15) is 5.26 Å². The zero-order valence-electron chi connectivity index (χ0n) is 11.6. The Morgan fingerprint density at radius 1 is 1.05 bits per heavy atom. The van der Waals surface area contributed by atoms with Gasteiger partial charge < -0.3 is 0 Å². The molecule has 1 aromatic heterocycles. The smallest absolute Gasteiger partial charge is 0.238 e. The highest BCUT2D eigenvalue weighted by Crippen LogP contribution is 2.26. The maximum Gasteiger partial charge on any atom is 0.238 e. The molecule has 1 aromatic carbocycles. The summed E-state index contributed by atoms with van der Waals surface area (Å²) < 4.78 is 0. The van der Waals surface area contributed by atoms with Gasteiger partial charge in [0.05, 0.1) is 0 Å². The Morgan fingerprint density at radius 3 is 2.26 bits per heavy atom. The van der Waals surface area contributed by atoms with Crippen molar-refractivity contribution in [3.8, 4) is 17.3 Å². The van der Waals surface area contributed by atoms with Crippen molar-refractivity contribution in [2.75, 3.05) is 11.9 Å². The fraction of sp³-hybridized carbons (Fsp3) is 0.267. The minimum Gasteiger partial charge on any atom is -0.250 e. The number of benzene rings is 1. The molecule has 0 bridgehead atoms. The van der Waals surface area contributed by atoms with Gasteiger partial charge >= 0.3 is 0 Å². The average Bonchev–Trinajstić information content (AvgIpc) is 2.44. The van der Waals surface area contributed by atoms with Crippen LogP contribution in [0.5, 0.6) is 0 Å². The molecule has 0 aliphatic carbocycles. The maximum atomic E-state index is 8.78. The van der Waals surface area contributed by atoms with Crippen LogP contribution in [0, 0.1) is 32.2 Å². The van der Waals surface area contributed by atoms with Crippen LogP contribution >= 0.6 is 0 Å². The number of hydrogen-bond donors (Lipinski definition) is 0. The van der Waals surface area contributed by atoms with Gasteiger partial charge in [0.25, 0.3) is 0 Å². The Kier molecular flexibility index (Phi) is 3.48. The van der Waals surface area contributed by atoms with E-state index in [-0.39, 0.29) is 0 Å².